The molecule has 2 amide bonds. The predicted molar refractivity (Wildman–Crippen MR) is 98.5 cm³/mol. The largest absolute Gasteiger partial charge is 0.493 e. The van der Waals surface area contributed by atoms with Gasteiger partial charge in [0.05, 0.1) is 18.1 Å². The van der Waals surface area contributed by atoms with Crippen LogP contribution in [0.5, 0.6) is 5.75 Å². The zero-order valence-electron chi connectivity index (χ0n) is 15.8. The number of benzene rings is 1. The quantitative estimate of drug-likeness (QED) is 0.850. The molecule has 146 valence electrons. The van der Waals surface area contributed by atoms with Gasteiger partial charge in [-0.05, 0) is 37.8 Å². The molecule has 0 saturated carbocycles. The fourth-order valence-electron chi connectivity index (χ4n) is 4.02. The molecule has 2 aliphatic rings. The summed E-state index contributed by atoms with van der Waals surface area (Å²) in [6, 6.07) is 6.52. The first-order valence-electron chi connectivity index (χ1n) is 9.48. The normalized spacial score (nSPS) is 24.9. The van der Waals surface area contributed by atoms with E-state index in [1.165, 1.54) is 0 Å². The van der Waals surface area contributed by atoms with Gasteiger partial charge in [-0.15, -0.1) is 0 Å². The minimum absolute atomic E-state index is 0.0873. The maximum atomic E-state index is 13.1. The van der Waals surface area contributed by atoms with Crippen LogP contribution in [-0.4, -0.2) is 65.0 Å². The number of carbonyl (C=O) groups is 3. The summed E-state index contributed by atoms with van der Waals surface area (Å²) < 4.78 is 5.56. The van der Waals surface area contributed by atoms with E-state index in [0.717, 1.165) is 6.42 Å². The number of hydrogen-bond donors (Lipinski definition) is 1. The van der Waals surface area contributed by atoms with Gasteiger partial charge in [0, 0.05) is 19.6 Å². The van der Waals surface area contributed by atoms with Crippen LogP contribution in [0.25, 0.3) is 0 Å². The lowest BCUT2D eigenvalue weighted by molar-refractivity contribution is -0.142. The first-order valence-corrected chi connectivity index (χ1v) is 9.48. The minimum Gasteiger partial charge on any atom is -0.493 e. The van der Waals surface area contributed by atoms with Crippen molar-refractivity contribution >= 4 is 17.8 Å². The predicted octanol–water partition coefficient (Wildman–Crippen LogP) is 1.87. The van der Waals surface area contributed by atoms with Gasteiger partial charge >= 0.3 is 5.97 Å². The summed E-state index contributed by atoms with van der Waals surface area (Å²) in [5, 5.41) is 9.30. The van der Waals surface area contributed by atoms with E-state index in [1.807, 2.05) is 19.9 Å². The van der Waals surface area contributed by atoms with E-state index < -0.39 is 17.9 Å². The van der Waals surface area contributed by atoms with Crippen molar-refractivity contribution in [3.63, 3.8) is 0 Å². The maximum absolute atomic E-state index is 13.1. The topological polar surface area (TPSA) is 87.2 Å². The Labute approximate surface area is 158 Å². The summed E-state index contributed by atoms with van der Waals surface area (Å²) in [7, 11) is 0. The van der Waals surface area contributed by atoms with Crippen LogP contribution in [-0.2, 0) is 9.59 Å². The van der Waals surface area contributed by atoms with Crippen molar-refractivity contribution in [1.82, 2.24) is 9.80 Å². The Kier molecular flexibility index (Phi) is 5.68. The molecule has 3 rings (SSSR count). The van der Waals surface area contributed by atoms with Gasteiger partial charge in [0.1, 0.15) is 11.8 Å². The Morgan fingerprint density at radius 3 is 2.63 bits per heavy atom. The first kappa shape index (κ1) is 19.2. The molecule has 1 aromatic carbocycles. The average Bonchev–Trinajstić information content (AvgIpc) is 3.28. The van der Waals surface area contributed by atoms with Gasteiger partial charge in [0.2, 0.25) is 5.91 Å². The third-order valence-electron chi connectivity index (χ3n) is 5.46. The highest BCUT2D eigenvalue weighted by Crippen LogP contribution is 2.29. The van der Waals surface area contributed by atoms with Gasteiger partial charge in [0.15, 0.2) is 0 Å². The smallest absolute Gasteiger partial charge is 0.308 e. The summed E-state index contributed by atoms with van der Waals surface area (Å²) in [5.74, 6) is -1.34. The second-order valence-electron chi connectivity index (χ2n) is 7.25. The third kappa shape index (κ3) is 3.77. The fraction of sp³-hybridized carbons (Fsp3) is 0.550. The highest BCUT2D eigenvalue weighted by atomic mass is 16.5. The number of carboxylic acids is 1. The number of carbonyl (C=O) groups excluding carboxylic acids is 2. The molecule has 2 heterocycles. The number of carboxylic acid groups (broad SMARTS) is 1. The lowest BCUT2D eigenvalue weighted by atomic mass is 9.99. The summed E-state index contributed by atoms with van der Waals surface area (Å²) in [4.78, 5) is 40.7. The highest BCUT2D eigenvalue weighted by molar-refractivity contribution is 6.00. The molecule has 0 aromatic heterocycles. The van der Waals surface area contributed by atoms with E-state index >= 15 is 0 Å². The molecule has 0 radical (unpaired) electrons. The van der Waals surface area contributed by atoms with Crippen molar-refractivity contribution in [2.45, 2.75) is 32.7 Å². The number of hydrogen-bond acceptors (Lipinski definition) is 4. The number of amides is 2. The van der Waals surface area contributed by atoms with Gasteiger partial charge in [0.25, 0.3) is 5.91 Å². The van der Waals surface area contributed by atoms with E-state index in [2.05, 4.69) is 0 Å². The number of ether oxygens (including phenoxy) is 1. The Morgan fingerprint density at radius 1 is 1.22 bits per heavy atom. The van der Waals surface area contributed by atoms with Gasteiger partial charge < -0.3 is 19.6 Å². The maximum Gasteiger partial charge on any atom is 0.308 e. The average molecular weight is 374 g/mol. The molecule has 3 atom stereocenters. The third-order valence-corrected chi connectivity index (χ3v) is 5.46. The van der Waals surface area contributed by atoms with E-state index in [9.17, 15) is 19.5 Å². The van der Waals surface area contributed by atoms with Gasteiger partial charge in [-0.1, -0.05) is 19.1 Å². The molecule has 0 spiro atoms. The summed E-state index contributed by atoms with van der Waals surface area (Å²) in [5.41, 5.74) is 0.456. The van der Waals surface area contributed by atoms with E-state index in [-0.39, 0.29) is 24.3 Å². The zero-order chi connectivity index (χ0) is 19.6. The monoisotopic (exact) mass is 374 g/mol. The molecule has 2 saturated heterocycles. The molecule has 1 N–H and O–H groups in total. The van der Waals surface area contributed by atoms with Crippen molar-refractivity contribution in [2.75, 3.05) is 26.2 Å². The molecule has 7 nitrogen and oxygen atoms in total. The SMILES string of the molecule is CCOc1ccccc1C(=O)N1CCCC1C(=O)N1C[C@@H](C)[C@H](C(=O)O)C1. The minimum atomic E-state index is -0.872. The number of nitrogens with zero attached hydrogens (tertiary/aromatic N) is 2. The Morgan fingerprint density at radius 2 is 1.96 bits per heavy atom. The summed E-state index contributed by atoms with van der Waals surface area (Å²) >= 11 is 0. The van der Waals surface area contributed by atoms with Gasteiger partial charge in [-0.2, -0.15) is 0 Å². The zero-order valence-corrected chi connectivity index (χ0v) is 15.8. The van der Waals surface area contributed by atoms with Crippen LogP contribution >= 0.6 is 0 Å². The van der Waals surface area contributed by atoms with Crippen LogP contribution in [0.4, 0.5) is 0 Å². The van der Waals surface area contributed by atoms with Crippen LogP contribution in [0.3, 0.4) is 0 Å². The first-order chi connectivity index (χ1) is 12.9. The molecule has 1 unspecified atom stereocenters. The molecular formula is C20H26N2O5. The van der Waals surface area contributed by atoms with E-state index in [4.69, 9.17) is 4.74 Å². The van der Waals surface area contributed by atoms with E-state index in [0.29, 0.717) is 37.4 Å². The molecule has 1 aromatic rings. The van der Waals surface area contributed by atoms with Gasteiger partial charge in [-0.3, -0.25) is 14.4 Å². The van der Waals surface area contributed by atoms with Crippen LogP contribution in [0.15, 0.2) is 24.3 Å². The van der Waals surface area contributed by atoms with Crippen LogP contribution in [0.2, 0.25) is 0 Å². The molecule has 0 aliphatic carbocycles. The van der Waals surface area contributed by atoms with Gasteiger partial charge in [-0.25, -0.2) is 0 Å². The summed E-state index contributed by atoms with van der Waals surface area (Å²) in [6.45, 7) is 5.31. The fourth-order valence-corrected chi connectivity index (χ4v) is 4.02. The molecule has 2 fully saturated rings. The van der Waals surface area contributed by atoms with Crippen LogP contribution < -0.4 is 4.74 Å². The van der Waals surface area contributed by atoms with Crippen molar-refractivity contribution in [3.8, 4) is 5.75 Å². The molecule has 2 aliphatic heterocycles. The van der Waals surface area contributed by atoms with Crippen LogP contribution in [0, 0.1) is 11.8 Å². The molecule has 27 heavy (non-hydrogen) atoms. The lowest BCUT2D eigenvalue weighted by Crippen LogP contribution is -2.47. The lowest BCUT2D eigenvalue weighted by Gasteiger charge is -2.28. The molecule has 7 heteroatoms. The number of para-hydroxylation sites is 1. The number of rotatable bonds is 5. The highest BCUT2D eigenvalue weighted by Gasteiger charge is 2.43. The van der Waals surface area contributed by atoms with E-state index in [1.54, 1.807) is 28.0 Å². The Bertz CT molecular complexity index is 735. The van der Waals surface area contributed by atoms with Crippen molar-refractivity contribution in [3.05, 3.63) is 29.8 Å². The molecule has 0 bridgehead atoms. The second-order valence-corrected chi connectivity index (χ2v) is 7.25. The van der Waals surface area contributed by atoms with Crippen molar-refractivity contribution < 1.29 is 24.2 Å². The van der Waals surface area contributed by atoms with Crippen molar-refractivity contribution in [2.24, 2.45) is 11.8 Å². The molecular weight excluding hydrogens is 348 g/mol. The Balaban J connectivity index is 1.77. The summed E-state index contributed by atoms with van der Waals surface area (Å²) in [6.07, 6.45) is 1.36. The second kappa shape index (κ2) is 7.98. The number of aliphatic carboxylic acids is 1. The van der Waals surface area contributed by atoms with Crippen LogP contribution in [0.1, 0.15) is 37.0 Å². The Hall–Kier alpha value is -2.57. The van der Waals surface area contributed by atoms with Crippen molar-refractivity contribution in [1.29, 1.82) is 0 Å². The number of likely N-dealkylation sites (tertiary alicyclic amines) is 2. The standard InChI is InChI=1S/C20H26N2O5/c1-3-27-17-9-5-4-7-14(17)18(23)22-10-6-8-16(22)19(24)21-11-13(2)15(12-21)20(25)26/h4-5,7,9,13,15-16H,3,6,8,10-12H2,1-2H3,(H,25,26)/t13-,15-,16?/m1/s1.